The molecule has 0 aliphatic carbocycles. The van der Waals surface area contributed by atoms with Gasteiger partial charge >= 0.3 is 6.03 Å². The van der Waals surface area contributed by atoms with Gasteiger partial charge in [0.2, 0.25) is 0 Å². The van der Waals surface area contributed by atoms with Gasteiger partial charge in [-0.25, -0.2) is 4.79 Å². The van der Waals surface area contributed by atoms with Gasteiger partial charge in [0.15, 0.2) is 0 Å². The van der Waals surface area contributed by atoms with Crippen LogP contribution in [0.3, 0.4) is 0 Å². The Morgan fingerprint density at radius 2 is 1.85 bits per heavy atom. The Morgan fingerprint density at radius 3 is 2.48 bits per heavy atom. The average molecular weight is 368 g/mol. The van der Waals surface area contributed by atoms with Crippen molar-refractivity contribution in [1.82, 2.24) is 0 Å². The highest BCUT2D eigenvalue weighted by molar-refractivity contribution is 6.00. The van der Waals surface area contributed by atoms with E-state index in [0.717, 1.165) is 23.2 Å². The minimum absolute atomic E-state index is 0.0196. The number of urea groups is 1. The minimum Gasteiger partial charge on any atom is -0.486 e. The van der Waals surface area contributed by atoms with Crippen molar-refractivity contribution in [2.75, 3.05) is 23.8 Å². The van der Waals surface area contributed by atoms with Gasteiger partial charge in [0.05, 0.1) is 18.9 Å². The highest BCUT2D eigenvalue weighted by Crippen LogP contribution is 2.33. The molecule has 2 aromatic carbocycles. The van der Waals surface area contributed by atoms with E-state index in [2.05, 4.69) is 31.4 Å². The number of carbonyl (C=O) groups excluding carboxylic acids is 1. The summed E-state index contributed by atoms with van der Waals surface area (Å²) in [6.07, 6.45) is 0.877. The molecule has 1 saturated heterocycles. The van der Waals surface area contributed by atoms with Crippen LogP contribution in [0.15, 0.2) is 42.5 Å². The number of benzene rings is 2. The van der Waals surface area contributed by atoms with Crippen molar-refractivity contribution in [3.05, 3.63) is 53.6 Å². The van der Waals surface area contributed by atoms with Gasteiger partial charge < -0.3 is 20.1 Å². The highest BCUT2D eigenvalue weighted by atomic mass is 16.5. The number of carbonyl (C=O) groups is 1. The molecule has 5 nitrogen and oxygen atoms in total. The Kier molecular flexibility index (Phi) is 5.71. The monoisotopic (exact) mass is 368 g/mol. The number of amides is 2. The highest BCUT2D eigenvalue weighted by Gasteiger charge is 2.21. The third-order valence-electron chi connectivity index (χ3n) is 4.58. The summed E-state index contributed by atoms with van der Waals surface area (Å²) in [5.41, 5.74) is 3.66. The molecule has 3 rings (SSSR count). The Hall–Kier alpha value is -2.53. The number of anilines is 2. The van der Waals surface area contributed by atoms with Crippen LogP contribution in [0.5, 0.6) is 5.75 Å². The number of aryl methyl sites for hydroxylation is 1. The zero-order valence-electron chi connectivity index (χ0n) is 16.5. The number of hydrogen-bond donors (Lipinski definition) is 2. The first-order valence-corrected chi connectivity index (χ1v) is 9.35. The molecule has 0 aromatic heterocycles. The van der Waals surface area contributed by atoms with Crippen LogP contribution in [0, 0.1) is 6.92 Å². The molecule has 1 aliphatic heterocycles. The number of rotatable bonds is 4. The number of nitrogens with one attached hydrogen (secondary N) is 2. The van der Waals surface area contributed by atoms with Gasteiger partial charge in [0.1, 0.15) is 11.9 Å². The van der Waals surface area contributed by atoms with Crippen LogP contribution < -0.4 is 15.4 Å². The molecule has 0 bridgehead atoms. The zero-order chi connectivity index (χ0) is 19.4. The second kappa shape index (κ2) is 8.01. The van der Waals surface area contributed by atoms with Crippen molar-refractivity contribution in [3.8, 4) is 5.75 Å². The second-order valence-corrected chi connectivity index (χ2v) is 8.01. The topological polar surface area (TPSA) is 59.6 Å². The molecular formula is C22H28N2O3. The lowest BCUT2D eigenvalue weighted by atomic mass is 9.87. The third-order valence-corrected chi connectivity index (χ3v) is 4.58. The van der Waals surface area contributed by atoms with E-state index in [-0.39, 0.29) is 17.6 Å². The summed E-state index contributed by atoms with van der Waals surface area (Å²) in [4.78, 5) is 12.5. The van der Waals surface area contributed by atoms with Crippen LogP contribution in [-0.4, -0.2) is 25.3 Å². The Labute approximate surface area is 161 Å². The van der Waals surface area contributed by atoms with Crippen molar-refractivity contribution in [2.24, 2.45) is 0 Å². The van der Waals surface area contributed by atoms with Crippen LogP contribution in [0.25, 0.3) is 0 Å². The van der Waals surface area contributed by atoms with Crippen LogP contribution in [0.1, 0.15) is 38.3 Å². The summed E-state index contributed by atoms with van der Waals surface area (Å²) in [5, 5.41) is 5.81. The summed E-state index contributed by atoms with van der Waals surface area (Å²) in [5.74, 6) is 0.664. The first kappa shape index (κ1) is 19.2. The largest absolute Gasteiger partial charge is 0.486 e. The van der Waals surface area contributed by atoms with E-state index < -0.39 is 0 Å². The lowest BCUT2D eigenvalue weighted by Gasteiger charge is -2.23. The SMILES string of the molecule is Cc1ccc(NC(=O)Nc2cc(C(C)(C)C)ccc2OC2CCOC2)cc1. The van der Waals surface area contributed by atoms with E-state index in [0.29, 0.717) is 24.7 Å². The van der Waals surface area contributed by atoms with Crippen LogP contribution in [0.2, 0.25) is 0 Å². The number of ether oxygens (including phenoxy) is 2. The molecule has 1 aliphatic rings. The fourth-order valence-corrected chi connectivity index (χ4v) is 2.90. The van der Waals surface area contributed by atoms with Gasteiger partial charge in [-0.05, 0) is 42.2 Å². The van der Waals surface area contributed by atoms with E-state index >= 15 is 0 Å². The molecule has 1 heterocycles. The third kappa shape index (κ3) is 5.23. The summed E-state index contributed by atoms with van der Waals surface area (Å²) < 4.78 is 11.5. The van der Waals surface area contributed by atoms with Crippen LogP contribution in [0.4, 0.5) is 16.2 Å². The molecule has 27 heavy (non-hydrogen) atoms. The van der Waals surface area contributed by atoms with Crippen molar-refractivity contribution < 1.29 is 14.3 Å². The van der Waals surface area contributed by atoms with Crippen LogP contribution in [-0.2, 0) is 10.2 Å². The molecule has 1 fully saturated rings. The quantitative estimate of drug-likeness (QED) is 0.789. The molecule has 1 atom stereocenters. The Balaban J connectivity index is 1.79. The number of hydrogen-bond acceptors (Lipinski definition) is 3. The van der Waals surface area contributed by atoms with Crippen molar-refractivity contribution in [1.29, 1.82) is 0 Å². The smallest absolute Gasteiger partial charge is 0.323 e. The van der Waals surface area contributed by atoms with Crippen LogP contribution >= 0.6 is 0 Å². The molecule has 1 unspecified atom stereocenters. The maximum atomic E-state index is 12.5. The fourth-order valence-electron chi connectivity index (χ4n) is 2.90. The van der Waals surface area contributed by atoms with Gasteiger partial charge in [-0.1, -0.05) is 44.5 Å². The molecule has 0 radical (unpaired) electrons. The molecule has 2 aromatic rings. The Morgan fingerprint density at radius 1 is 1.11 bits per heavy atom. The standard InChI is InChI=1S/C22H28N2O3/c1-15-5-8-17(9-6-15)23-21(25)24-19-13-16(22(2,3)4)7-10-20(19)27-18-11-12-26-14-18/h5-10,13,18H,11-12,14H2,1-4H3,(H2,23,24,25). The maximum Gasteiger partial charge on any atom is 0.323 e. The minimum atomic E-state index is -0.294. The lowest BCUT2D eigenvalue weighted by molar-refractivity contribution is 0.142. The normalized spacial score (nSPS) is 16.8. The van der Waals surface area contributed by atoms with Crippen molar-refractivity contribution in [2.45, 2.75) is 45.6 Å². The molecule has 144 valence electrons. The van der Waals surface area contributed by atoms with E-state index in [1.165, 1.54) is 0 Å². The van der Waals surface area contributed by atoms with Gasteiger partial charge in [0.25, 0.3) is 0 Å². The second-order valence-electron chi connectivity index (χ2n) is 8.01. The van der Waals surface area contributed by atoms with E-state index in [1.807, 2.05) is 49.4 Å². The molecule has 2 N–H and O–H groups in total. The zero-order valence-corrected chi connectivity index (χ0v) is 16.5. The molecule has 2 amide bonds. The predicted octanol–water partition coefficient (Wildman–Crippen LogP) is 5.10. The Bertz CT molecular complexity index is 788. The summed E-state index contributed by atoms with van der Waals surface area (Å²) in [7, 11) is 0. The van der Waals surface area contributed by atoms with Crippen molar-refractivity contribution >= 4 is 17.4 Å². The average Bonchev–Trinajstić information content (AvgIpc) is 3.10. The molecule has 5 heteroatoms. The fraction of sp³-hybridized carbons (Fsp3) is 0.409. The van der Waals surface area contributed by atoms with Crippen molar-refractivity contribution in [3.63, 3.8) is 0 Å². The summed E-state index contributed by atoms with van der Waals surface area (Å²) in [6, 6.07) is 13.4. The molecule has 0 saturated carbocycles. The summed E-state index contributed by atoms with van der Waals surface area (Å²) in [6.45, 7) is 9.73. The van der Waals surface area contributed by atoms with Gasteiger partial charge in [0, 0.05) is 12.1 Å². The van der Waals surface area contributed by atoms with E-state index in [4.69, 9.17) is 9.47 Å². The molecule has 0 spiro atoms. The summed E-state index contributed by atoms with van der Waals surface area (Å²) >= 11 is 0. The van der Waals surface area contributed by atoms with Gasteiger partial charge in [-0.15, -0.1) is 0 Å². The first-order valence-electron chi connectivity index (χ1n) is 9.35. The molecular weight excluding hydrogens is 340 g/mol. The first-order chi connectivity index (χ1) is 12.8. The maximum absolute atomic E-state index is 12.5. The van der Waals surface area contributed by atoms with Gasteiger partial charge in [-0.2, -0.15) is 0 Å². The predicted molar refractivity (Wildman–Crippen MR) is 109 cm³/mol. The van der Waals surface area contributed by atoms with Gasteiger partial charge in [-0.3, -0.25) is 0 Å². The van der Waals surface area contributed by atoms with E-state index in [9.17, 15) is 4.79 Å². The lowest BCUT2D eigenvalue weighted by Crippen LogP contribution is -2.22. The van der Waals surface area contributed by atoms with E-state index in [1.54, 1.807) is 0 Å².